The van der Waals surface area contributed by atoms with Crippen LogP contribution in [0.4, 0.5) is 17.1 Å². The highest BCUT2D eigenvalue weighted by molar-refractivity contribution is 5.61. The molecule has 2 aromatic carbocycles. The van der Waals surface area contributed by atoms with Gasteiger partial charge in [-0.3, -0.25) is 20.2 Å². The van der Waals surface area contributed by atoms with Crippen molar-refractivity contribution in [2.24, 2.45) is 0 Å². The van der Waals surface area contributed by atoms with Gasteiger partial charge < -0.3 is 15.2 Å². The number of nitrogens with zero attached hydrogens (tertiary/aromatic N) is 2. The average Bonchev–Trinajstić information content (AvgIpc) is 2.53. The van der Waals surface area contributed by atoms with Gasteiger partial charge in [0, 0.05) is 24.2 Å². The molecule has 0 heterocycles. The molecule has 0 fully saturated rings. The van der Waals surface area contributed by atoms with Gasteiger partial charge in [0.15, 0.2) is 5.75 Å². The number of ether oxygens (including phenoxy) is 1. The van der Waals surface area contributed by atoms with Gasteiger partial charge in [0.1, 0.15) is 5.75 Å². The third kappa shape index (κ3) is 3.46. The fourth-order valence-corrected chi connectivity index (χ4v) is 2.00. The van der Waals surface area contributed by atoms with Gasteiger partial charge in [0.2, 0.25) is 0 Å². The van der Waals surface area contributed by atoms with E-state index in [1.807, 2.05) is 0 Å². The zero-order chi connectivity index (χ0) is 17.0. The average molecular weight is 319 g/mol. The van der Waals surface area contributed by atoms with E-state index < -0.39 is 15.6 Å². The molecule has 0 aromatic heterocycles. The Morgan fingerprint density at radius 1 is 1.17 bits per heavy atom. The highest BCUT2D eigenvalue weighted by atomic mass is 16.6. The zero-order valence-electron chi connectivity index (χ0n) is 12.1. The number of hydrogen-bond donors (Lipinski definition) is 2. The van der Waals surface area contributed by atoms with Gasteiger partial charge in [-0.15, -0.1) is 0 Å². The Morgan fingerprint density at radius 2 is 1.91 bits per heavy atom. The van der Waals surface area contributed by atoms with E-state index in [1.54, 1.807) is 0 Å². The van der Waals surface area contributed by atoms with Crippen LogP contribution in [0.25, 0.3) is 0 Å². The number of nitro groups is 2. The Kier molecular flexibility index (Phi) is 4.60. The molecular formula is C14H13N3O6. The Morgan fingerprint density at radius 3 is 2.52 bits per heavy atom. The highest BCUT2D eigenvalue weighted by Gasteiger charge is 2.17. The van der Waals surface area contributed by atoms with Crippen LogP contribution in [0, 0.1) is 20.2 Å². The minimum atomic E-state index is -0.675. The third-order valence-electron chi connectivity index (χ3n) is 3.16. The fourth-order valence-electron chi connectivity index (χ4n) is 2.00. The number of benzene rings is 2. The molecule has 0 aliphatic rings. The highest BCUT2D eigenvalue weighted by Crippen LogP contribution is 2.32. The summed E-state index contributed by atoms with van der Waals surface area (Å²) in [5.41, 5.74) is 0.272. The topological polar surface area (TPSA) is 128 Å². The van der Waals surface area contributed by atoms with Crippen molar-refractivity contribution in [1.82, 2.24) is 0 Å². The maximum Gasteiger partial charge on any atom is 0.311 e. The molecule has 0 bridgehead atoms. The molecule has 9 heteroatoms. The Bertz CT molecular complexity index is 762. The molecule has 0 amide bonds. The number of rotatable bonds is 6. The molecular weight excluding hydrogens is 306 g/mol. The molecule has 0 aliphatic heterocycles. The van der Waals surface area contributed by atoms with Crippen molar-refractivity contribution in [3.63, 3.8) is 0 Å². The zero-order valence-corrected chi connectivity index (χ0v) is 12.1. The van der Waals surface area contributed by atoms with Gasteiger partial charge in [0.25, 0.3) is 5.69 Å². The van der Waals surface area contributed by atoms with Crippen molar-refractivity contribution < 1.29 is 19.7 Å². The van der Waals surface area contributed by atoms with E-state index in [0.29, 0.717) is 11.3 Å². The minimum absolute atomic E-state index is 0.0850. The van der Waals surface area contributed by atoms with Gasteiger partial charge in [-0.05, 0) is 6.07 Å². The molecule has 0 radical (unpaired) electrons. The molecule has 0 spiro atoms. The van der Waals surface area contributed by atoms with Crippen LogP contribution in [0.2, 0.25) is 0 Å². The number of phenolic OH excluding ortho intramolecular Hbond substituents is 1. The van der Waals surface area contributed by atoms with Gasteiger partial charge >= 0.3 is 5.69 Å². The number of aromatic hydroxyl groups is 1. The molecule has 0 saturated heterocycles. The smallest absolute Gasteiger partial charge is 0.311 e. The van der Waals surface area contributed by atoms with Crippen LogP contribution >= 0.6 is 0 Å². The molecule has 0 atom stereocenters. The van der Waals surface area contributed by atoms with Crippen LogP contribution in [0.3, 0.4) is 0 Å². The SMILES string of the molecule is COc1cc([N+](=O)[O-])ccc1NCc1cccc([N+](=O)[O-])c1O. The first-order valence-corrected chi connectivity index (χ1v) is 6.45. The second-order valence-electron chi connectivity index (χ2n) is 4.54. The van der Waals surface area contributed by atoms with Gasteiger partial charge in [-0.25, -0.2) is 0 Å². The summed E-state index contributed by atoms with van der Waals surface area (Å²) in [6.45, 7) is 0.0850. The number of methoxy groups -OCH3 is 1. The van der Waals surface area contributed by atoms with Crippen LogP contribution in [-0.4, -0.2) is 22.1 Å². The van der Waals surface area contributed by atoms with Gasteiger partial charge in [-0.2, -0.15) is 0 Å². The maximum atomic E-state index is 10.8. The van der Waals surface area contributed by atoms with E-state index in [9.17, 15) is 25.3 Å². The van der Waals surface area contributed by atoms with Crippen molar-refractivity contribution in [3.05, 3.63) is 62.2 Å². The van der Waals surface area contributed by atoms with Crippen LogP contribution in [-0.2, 0) is 6.54 Å². The summed E-state index contributed by atoms with van der Waals surface area (Å²) >= 11 is 0. The summed E-state index contributed by atoms with van der Waals surface area (Å²) in [7, 11) is 1.37. The molecule has 2 rings (SSSR count). The Hall–Kier alpha value is -3.36. The van der Waals surface area contributed by atoms with Crippen LogP contribution < -0.4 is 10.1 Å². The van der Waals surface area contributed by atoms with Crippen LogP contribution in [0.15, 0.2) is 36.4 Å². The summed E-state index contributed by atoms with van der Waals surface area (Å²) in [6.07, 6.45) is 0. The second kappa shape index (κ2) is 6.60. The number of phenols is 1. The Labute approximate surface area is 130 Å². The van der Waals surface area contributed by atoms with Crippen molar-refractivity contribution >= 4 is 17.1 Å². The van der Waals surface area contributed by atoms with E-state index in [0.717, 1.165) is 0 Å². The van der Waals surface area contributed by atoms with Crippen LogP contribution in [0.1, 0.15) is 5.56 Å². The summed E-state index contributed by atoms with van der Waals surface area (Å²) < 4.78 is 5.08. The van der Waals surface area contributed by atoms with E-state index in [-0.39, 0.29) is 23.7 Å². The standard InChI is InChI=1S/C14H13N3O6/c1-23-13-7-10(16(19)20)5-6-11(13)15-8-9-3-2-4-12(14(9)18)17(21)22/h2-7,15,18H,8H2,1H3. The van der Waals surface area contributed by atoms with Crippen molar-refractivity contribution in [1.29, 1.82) is 0 Å². The molecule has 0 saturated carbocycles. The molecule has 0 unspecified atom stereocenters. The third-order valence-corrected chi connectivity index (χ3v) is 3.16. The fraction of sp³-hybridized carbons (Fsp3) is 0.143. The molecule has 2 aromatic rings. The lowest BCUT2D eigenvalue weighted by molar-refractivity contribution is -0.385. The first kappa shape index (κ1) is 16.0. The summed E-state index contributed by atoms with van der Waals surface area (Å²) in [4.78, 5) is 20.3. The lowest BCUT2D eigenvalue weighted by Gasteiger charge is -2.11. The largest absolute Gasteiger partial charge is 0.502 e. The Balaban J connectivity index is 2.23. The van der Waals surface area contributed by atoms with Gasteiger partial charge in [0.05, 0.1) is 28.7 Å². The normalized spacial score (nSPS) is 10.1. The lowest BCUT2D eigenvalue weighted by Crippen LogP contribution is -2.03. The molecule has 120 valence electrons. The summed E-state index contributed by atoms with van der Waals surface area (Å²) in [5.74, 6) is -0.171. The van der Waals surface area contributed by atoms with Crippen molar-refractivity contribution in [2.75, 3.05) is 12.4 Å². The summed E-state index contributed by atoms with van der Waals surface area (Å²) in [5, 5.41) is 34.3. The van der Waals surface area contributed by atoms with E-state index in [1.165, 1.54) is 43.5 Å². The number of hydrogen-bond acceptors (Lipinski definition) is 7. The minimum Gasteiger partial charge on any atom is -0.502 e. The number of para-hydroxylation sites is 1. The lowest BCUT2D eigenvalue weighted by atomic mass is 10.1. The number of non-ortho nitro benzene ring substituents is 1. The molecule has 9 nitrogen and oxygen atoms in total. The maximum absolute atomic E-state index is 10.8. The quantitative estimate of drug-likeness (QED) is 0.618. The number of nitrogens with one attached hydrogen (secondary N) is 1. The van der Waals surface area contributed by atoms with E-state index in [2.05, 4.69) is 5.32 Å². The second-order valence-corrected chi connectivity index (χ2v) is 4.54. The van der Waals surface area contributed by atoms with E-state index >= 15 is 0 Å². The molecule has 23 heavy (non-hydrogen) atoms. The van der Waals surface area contributed by atoms with Gasteiger partial charge in [-0.1, -0.05) is 12.1 Å². The predicted octanol–water partition coefficient (Wildman–Crippen LogP) is 2.83. The summed E-state index contributed by atoms with van der Waals surface area (Å²) in [6, 6.07) is 8.22. The first-order chi connectivity index (χ1) is 10.9. The predicted molar refractivity (Wildman–Crippen MR) is 81.7 cm³/mol. The molecule has 2 N–H and O–H groups in total. The van der Waals surface area contributed by atoms with Crippen molar-refractivity contribution in [2.45, 2.75) is 6.54 Å². The van der Waals surface area contributed by atoms with E-state index in [4.69, 9.17) is 4.74 Å². The number of anilines is 1. The van der Waals surface area contributed by atoms with Crippen LogP contribution in [0.5, 0.6) is 11.5 Å². The first-order valence-electron chi connectivity index (χ1n) is 6.45. The monoisotopic (exact) mass is 319 g/mol. The number of nitro benzene ring substituents is 2. The van der Waals surface area contributed by atoms with Crippen molar-refractivity contribution in [3.8, 4) is 11.5 Å². The molecule has 0 aliphatic carbocycles.